The Hall–Kier alpha value is -1.91. The van der Waals surface area contributed by atoms with E-state index in [0.717, 1.165) is 5.56 Å². The summed E-state index contributed by atoms with van der Waals surface area (Å²) in [4.78, 5) is 11.6. The molecule has 0 saturated heterocycles. The second-order valence-corrected chi connectivity index (χ2v) is 4.87. The molecule has 0 aromatic heterocycles. The van der Waals surface area contributed by atoms with Gasteiger partial charge < -0.3 is 19.3 Å². The summed E-state index contributed by atoms with van der Waals surface area (Å²) in [5, 5.41) is 9.93. The van der Waals surface area contributed by atoms with Crippen molar-refractivity contribution in [3.63, 3.8) is 0 Å². The molecule has 0 saturated carbocycles. The molecule has 2 rings (SSSR count). The van der Waals surface area contributed by atoms with Crippen molar-refractivity contribution in [2.45, 2.75) is 25.7 Å². The van der Waals surface area contributed by atoms with Crippen LogP contribution in [-0.2, 0) is 10.2 Å². The van der Waals surface area contributed by atoms with Crippen LogP contribution in [0, 0.1) is 0 Å². The molecule has 0 fully saturated rings. The summed E-state index contributed by atoms with van der Waals surface area (Å²) in [5.74, 6) is 0.390. The number of carbonyl (C=O) groups is 1. The van der Waals surface area contributed by atoms with Gasteiger partial charge in [-0.1, -0.05) is 13.8 Å². The van der Waals surface area contributed by atoms with Crippen LogP contribution in [0.4, 0.5) is 0 Å². The van der Waals surface area contributed by atoms with Gasteiger partial charge in [-0.15, -0.1) is 0 Å². The first-order valence-corrected chi connectivity index (χ1v) is 5.60. The number of carbonyl (C=O) groups excluding carboxylic acids is 1. The van der Waals surface area contributed by atoms with Crippen molar-refractivity contribution in [1.82, 2.24) is 0 Å². The molecule has 1 N–H and O–H groups in total. The predicted molar refractivity (Wildman–Crippen MR) is 64.5 cm³/mol. The molecule has 0 unspecified atom stereocenters. The lowest BCUT2D eigenvalue weighted by atomic mass is 9.79. The van der Waals surface area contributed by atoms with Crippen molar-refractivity contribution in [2.24, 2.45) is 0 Å². The average molecular weight is 252 g/mol. The third kappa shape index (κ3) is 1.75. The highest BCUT2D eigenvalue weighted by Crippen LogP contribution is 2.52. The number of aromatic hydroxyl groups is 1. The third-order valence-electron chi connectivity index (χ3n) is 3.11. The van der Waals surface area contributed by atoms with Gasteiger partial charge in [-0.3, -0.25) is 4.79 Å². The Balaban J connectivity index is 2.74. The van der Waals surface area contributed by atoms with Gasteiger partial charge in [0.05, 0.1) is 20.6 Å². The smallest absolute Gasteiger partial charge is 0.312 e. The fourth-order valence-electron chi connectivity index (χ4n) is 2.20. The number of hydrogen-bond donors (Lipinski definition) is 1. The lowest BCUT2D eigenvalue weighted by Crippen LogP contribution is -2.31. The van der Waals surface area contributed by atoms with Gasteiger partial charge in [-0.2, -0.15) is 0 Å². The summed E-state index contributed by atoms with van der Waals surface area (Å²) >= 11 is 0. The summed E-state index contributed by atoms with van der Waals surface area (Å²) in [5.41, 5.74) is 0.319. The van der Waals surface area contributed by atoms with Crippen LogP contribution in [0.5, 0.6) is 23.0 Å². The number of hydrogen-bond acceptors (Lipinski definition) is 5. The van der Waals surface area contributed by atoms with Gasteiger partial charge in [-0.25, -0.2) is 0 Å². The van der Waals surface area contributed by atoms with Crippen LogP contribution in [0.3, 0.4) is 0 Å². The van der Waals surface area contributed by atoms with Crippen molar-refractivity contribution < 1.29 is 24.1 Å². The van der Waals surface area contributed by atoms with E-state index in [4.69, 9.17) is 14.2 Å². The SMILES string of the molecule is COc1c(O)cc2c(c1OC)OC(=O)CC2(C)C. The topological polar surface area (TPSA) is 65.0 Å². The minimum absolute atomic E-state index is 0.0286. The van der Waals surface area contributed by atoms with E-state index in [0.29, 0.717) is 5.75 Å². The van der Waals surface area contributed by atoms with Crippen LogP contribution < -0.4 is 14.2 Å². The highest BCUT2D eigenvalue weighted by atomic mass is 16.6. The molecule has 1 aromatic carbocycles. The maximum atomic E-state index is 11.6. The van der Waals surface area contributed by atoms with E-state index in [-0.39, 0.29) is 29.6 Å². The van der Waals surface area contributed by atoms with Gasteiger partial charge in [0, 0.05) is 11.0 Å². The van der Waals surface area contributed by atoms with Gasteiger partial charge in [0.25, 0.3) is 0 Å². The van der Waals surface area contributed by atoms with Crippen LogP contribution in [0.15, 0.2) is 6.07 Å². The van der Waals surface area contributed by atoms with Crippen molar-refractivity contribution >= 4 is 5.97 Å². The van der Waals surface area contributed by atoms with Crippen molar-refractivity contribution in [3.8, 4) is 23.0 Å². The molecule has 0 atom stereocenters. The summed E-state index contributed by atoms with van der Waals surface area (Å²) in [6.07, 6.45) is 0.259. The van der Waals surface area contributed by atoms with Gasteiger partial charge in [0.15, 0.2) is 11.5 Å². The second-order valence-electron chi connectivity index (χ2n) is 4.87. The number of methoxy groups -OCH3 is 2. The van der Waals surface area contributed by atoms with Crippen LogP contribution >= 0.6 is 0 Å². The summed E-state index contributed by atoms with van der Waals surface area (Å²) < 4.78 is 15.5. The highest BCUT2D eigenvalue weighted by molar-refractivity contribution is 5.80. The first kappa shape index (κ1) is 12.5. The van der Waals surface area contributed by atoms with Crippen LogP contribution in [0.25, 0.3) is 0 Å². The number of phenols is 1. The fraction of sp³-hybridized carbons (Fsp3) is 0.462. The monoisotopic (exact) mass is 252 g/mol. The van der Waals surface area contributed by atoms with Crippen LogP contribution in [-0.4, -0.2) is 25.3 Å². The van der Waals surface area contributed by atoms with Gasteiger partial charge in [0.1, 0.15) is 0 Å². The standard InChI is InChI=1S/C13H16O5/c1-13(2)6-9(15)18-10-7(13)5-8(14)11(16-3)12(10)17-4/h5,14H,6H2,1-4H3. The van der Waals surface area contributed by atoms with Gasteiger partial charge >= 0.3 is 5.97 Å². The largest absolute Gasteiger partial charge is 0.504 e. The molecule has 5 heteroatoms. The first-order valence-electron chi connectivity index (χ1n) is 5.60. The van der Waals surface area contributed by atoms with Gasteiger partial charge in [-0.05, 0) is 6.07 Å². The first-order chi connectivity index (χ1) is 8.40. The molecular weight excluding hydrogens is 236 g/mol. The van der Waals surface area contributed by atoms with Crippen molar-refractivity contribution in [2.75, 3.05) is 14.2 Å². The van der Waals surface area contributed by atoms with E-state index in [1.807, 2.05) is 13.8 Å². The Labute approximate surface area is 105 Å². The number of fused-ring (bicyclic) bond motifs is 1. The van der Waals surface area contributed by atoms with Crippen molar-refractivity contribution in [1.29, 1.82) is 0 Å². The molecule has 0 amide bonds. The Morgan fingerprint density at radius 1 is 1.28 bits per heavy atom. The predicted octanol–water partition coefficient (Wildman–Crippen LogP) is 2.00. The molecule has 1 aromatic rings. The zero-order chi connectivity index (χ0) is 13.5. The zero-order valence-corrected chi connectivity index (χ0v) is 10.9. The van der Waals surface area contributed by atoms with Gasteiger partial charge in [0.2, 0.25) is 11.5 Å². The molecule has 1 heterocycles. The van der Waals surface area contributed by atoms with Crippen LogP contribution in [0.1, 0.15) is 25.8 Å². The Bertz CT molecular complexity index is 505. The minimum atomic E-state index is -0.415. The molecule has 18 heavy (non-hydrogen) atoms. The van der Waals surface area contributed by atoms with Crippen molar-refractivity contribution in [3.05, 3.63) is 11.6 Å². The number of esters is 1. The number of ether oxygens (including phenoxy) is 3. The van der Waals surface area contributed by atoms with E-state index in [2.05, 4.69) is 0 Å². The summed E-state index contributed by atoms with van der Waals surface area (Å²) in [7, 11) is 2.85. The zero-order valence-electron chi connectivity index (χ0n) is 10.9. The maximum Gasteiger partial charge on any atom is 0.312 e. The summed E-state index contributed by atoms with van der Waals surface area (Å²) in [6, 6.07) is 1.56. The lowest BCUT2D eigenvalue weighted by Gasteiger charge is -2.32. The number of phenolic OH excluding ortho intramolecular Hbond substituents is 1. The molecular formula is C13H16O5. The quantitative estimate of drug-likeness (QED) is 0.644. The molecule has 1 aliphatic heterocycles. The summed E-state index contributed by atoms with van der Waals surface area (Å²) in [6.45, 7) is 3.83. The van der Waals surface area contributed by atoms with E-state index >= 15 is 0 Å². The maximum absolute atomic E-state index is 11.6. The van der Waals surface area contributed by atoms with E-state index < -0.39 is 5.41 Å². The highest BCUT2D eigenvalue weighted by Gasteiger charge is 2.38. The fourth-order valence-corrected chi connectivity index (χ4v) is 2.20. The second kappa shape index (κ2) is 4.08. The molecule has 0 bridgehead atoms. The molecule has 0 aliphatic carbocycles. The van der Waals surface area contributed by atoms with E-state index in [1.54, 1.807) is 6.07 Å². The van der Waals surface area contributed by atoms with E-state index in [9.17, 15) is 9.90 Å². The third-order valence-corrected chi connectivity index (χ3v) is 3.11. The average Bonchev–Trinajstić information content (AvgIpc) is 2.27. The Morgan fingerprint density at radius 3 is 2.44 bits per heavy atom. The molecule has 98 valence electrons. The molecule has 0 spiro atoms. The minimum Gasteiger partial charge on any atom is -0.504 e. The number of benzene rings is 1. The van der Waals surface area contributed by atoms with Crippen LogP contribution in [0.2, 0.25) is 0 Å². The normalized spacial score (nSPS) is 16.8. The molecule has 0 radical (unpaired) electrons. The molecule has 5 nitrogen and oxygen atoms in total. The Kier molecular flexibility index (Phi) is 2.84. The molecule has 1 aliphatic rings. The van der Waals surface area contributed by atoms with E-state index in [1.165, 1.54) is 14.2 Å². The number of rotatable bonds is 2. The lowest BCUT2D eigenvalue weighted by molar-refractivity contribution is -0.137. The Morgan fingerprint density at radius 2 is 1.89 bits per heavy atom.